The Morgan fingerprint density at radius 1 is 1.26 bits per heavy atom. The van der Waals surface area contributed by atoms with E-state index >= 15 is 0 Å². The van der Waals surface area contributed by atoms with Gasteiger partial charge >= 0.3 is 0 Å². The third-order valence-corrected chi connectivity index (χ3v) is 4.07. The number of nitrogens with one attached hydrogen (secondary N) is 1. The molecule has 104 valence electrons. The summed E-state index contributed by atoms with van der Waals surface area (Å²) in [6.45, 7) is 5.20. The molecule has 0 radical (unpaired) electrons. The largest absolute Gasteiger partial charge is 0.380 e. The van der Waals surface area contributed by atoms with Gasteiger partial charge in [0.15, 0.2) is 11.6 Å². The van der Waals surface area contributed by atoms with Gasteiger partial charge in [0, 0.05) is 40.2 Å². The van der Waals surface area contributed by atoms with Crippen LogP contribution in [0.15, 0.2) is 12.1 Å². The third-order valence-electron chi connectivity index (χ3n) is 2.88. The number of methoxy groups -OCH3 is 1. The maximum Gasteiger partial charge on any atom is 0.160 e. The highest BCUT2D eigenvalue weighted by molar-refractivity contribution is 7.19. The van der Waals surface area contributed by atoms with E-state index in [9.17, 15) is 8.78 Å². The van der Waals surface area contributed by atoms with Crippen molar-refractivity contribution in [2.45, 2.75) is 33.0 Å². The molecule has 0 aliphatic heterocycles. The lowest BCUT2D eigenvalue weighted by Crippen LogP contribution is -2.21. The second-order valence-electron chi connectivity index (χ2n) is 4.73. The number of thiophene rings is 1. The fraction of sp³-hybridized carbons (Fsp3) is 0.429. The average molecular weight is 285 g/mol. The Hall–Kier alpha value is -1.04. The molecule has 0 fully saturated rings. The zero-order chi connectivity index (χ0) is 14.0. The molecule has 1 heterocycles. The first-order valence-electron chi connectivity index (χ1n) is 6.14. The van der Waals surface area contributed by atoms with E-state index in [4.69, 9.17) is 4.74 Å². The predicted molar refractivity (Wildman–Crippen MR) is 74.4 cm³/mol. The van der Waals surface area contributed by atoms with Gasteiger partial charge in [-0.3, -0.25) is 0 Å². The molecule has 0 saturated carbocycles. The van der Waals surface area contributed by atoms with Gasteiger partial charge in [0.2, 0.25) is 0 Å². The van der Waals surface area contributed by atoms with Gasteiger partial charge in [0.05, 0.1) is 6.61 Å². The summed E-state index contributed by atoms with van der Waals surface area (Å²) < 4.78 is 32.6. The molecule has 2 nitrogen and oxygen atoms in total. The van der Waals surface area contributed by atoms with Crippen LogP contribution in [0.1, 0.15) is 24.3 Å². The second-order valence-corrected chi connectivity index (χ2v) is 5.87. The number of halogens is 2. The quantitative estimate of drug-likeness (QED) is 0.901. The predicted octanol–water partition coefficient (Wildman–Crippen LogP) is 3.82. The second kappa shape index (κ2) is 5.94. The number of benzene rings is 1. The smallest absolute Gasteiger partial charge is 0.160 e. The van der Waals surface area contributed by atoms with E-state index in [0.717, 1.165) is 20.5 Å². The van der Waals surface area contributed by atoms with Crippen molar-refractivity contribution in [1.29, 1.82) is 0 Å². The van der Waals surface area contributed by atoms with Crippen molar-refractivity contribution < 1.29 is 13.5 Å². The molecule has 5 heteroatoms. The van der Waals surface area contributed by atoms with Crippen LogP contribution in [0.2, 0.25) is 0 Å². The van der Waals surface area contributed by atoms with Crippen LogP contribution in [0.3, 0.4) is 0 Å². The van der Waals surface area contributed by atoms with Gasteiger partial charge in [-0.2, -0.15) is 0 Å². The fourth-order valence-electron chi connectivity index (χ4n) is 1.94. The average Bonchev–Trinajstić information content (AvgIpc) is 2.66. The Balaban J connectivity index is 2.47. The Morgan fingerprint density at radius 3 is 2.58 bits per heavy atom. The Bertz CT molecular complexity index is 580. The van der Waals surface area contributed by atoms with E-state index in [1.54, 1.807) is 7.11 Å². The van der Waals surface area contributed by atoms with Gasteiger partial charge in [-0.05, 0) is 12.1 Å². The molecule has 19 heavy (non-hydrogen) atoms. The molecule has 1 aromatic carbocycles. The zero-order valence-corrected chi connectivity index (χ0v) is 12.0. The van der Waals surface area contributed by atoms with Gasteiger partial charge in [0.25, 0.3) is 0 Å². The summed E-state index contributed by atoms with van der Waals surface area (Å²) in [5, 5.41) is 4.06. The van der Waals surface area contributed by atoms with Crippen molar-refractivity contribution >= 4 is 21.4 Å². The van der Waals surface area contributed by atoms with E-state index in [-0.39, 0.29) is 0 Å². The number of hydrogen-bond donors (Lipinski definition) is 1. The Morgan fingerprint density at radius 2 is 1.95 bits per heavy atom. The van der Waals surface area contributed by atoms with Crippen LogP contribution in [-0.2, 0) is 17.9 Å². The molecule has 1 aromatic heterocycles. The summed E-state index contributed by atoms with van der Waals surface area (Å²) in [5.41, 5.74) is 0.939. The topological polar surface area (TPSA) is 21.3 Å². The van der Waals surface area contributed by atoms with Crippen LogP contribution in [0.4, 0.5) is 8.78 Å². The molecule has 2 rings (SSSR count). The summed E-state index contributed by atoms with van der Waals surface area (Å²) >= 11 is 1.48. The van der Waals surface area contributed by atoms with Gasteiger partial charge in [-0.15, -0.1) is 11.3 Å². The van der Waals surface area contributed by atoms with Gasteiger partial charge in [-0.1, -0.05) is 13.8 Å². The molecule has 0 spiro atoms. The maximum atomic E-state index is 13.4. The molecule has 0 bridgehead atoms. The van der Waals surface area contributed by atoms with Crippen LogP contribution in [0, 0.1) is 11.6 Å². The molecule has 0 saturated heterocycles. The monoisotopic (exact) mass is 285 g/mol. The minimum absolute atomic E-state index is 0.356. The Labute approximate surface area is 115 Å². The summed E-state index contributed by atoms with van der Waals surface area (Å²) in [6.07, 6.45) is 0. The number of rotatable bonds is 5. The third kappa shape index (κ3) is 3.11. The molecule has 0 unspecified atom stereocenters. The first-order chi connectivity index (χ1) is 9.02. The first-order valence-corrected chi connectivity index (χ1v) is 6.96. The molecule has 0 aliphatic rings. The molecule has 1 N–H and O–H groups in total. The number of hydrogen-bond acceptors (Lipinski definition) is 3. The van der Waals surface area contributed by atoms with E-state index in [2.05, 4.69) is 19.2 Å². The molecule has 0 amide bonds. The summed E-state index contributed by atoms with van der Waals surface area (Å²) in [7, 11) is 1.60. The van der Waals surface area contributed by atoms with Crippen molar-refractivity contribution in [3.8, 4) is 0 Å². The SMILES string of the molecule is COCc1c(CNC(C)C)sc2cc(F)c(F)cc12. The lowest BCUT2D eigenvalue weighted by atomic mass is 10.1. The van der Waals surface area contributed by atoms with Gasteiger partial charge < -0.3 is 10.1 Å². The van der Waals surface area contributed by atoms with Crippen LogP contribution in [-0.4, -0.2) is 13.2 Å². The van der Waals surface area contributed by atoms with E-state index in [1.807, 2.05) is 0 Å². The van der Waals surface area contributed by atoms with Crippen molar-refractivity contribution in [2.75, 3.05) is 7.11 Å². The van der Waals surface area contributed by atoms with E-state index in [0.29, 0.717) is 19.2 Å². The molecular formula is C14H17F2NOS. The molecule has 0 atom stereocenters. The lowest BCUT2D eigenvalue weighted by Gasteiger charge is -2.08. The van der Waals surface area contributed by atoms with Crippen molar-refractivity contribution in [1.82, 2.24) is 5.32 Å². The zero-order valence-electron chi connectivity index (χ0n) is 11.2. The summed E-state index contributed by atoms with van der Waals surface area (Å²) in [5.74, 6) is -1.62. The minimum Gasteiger partial charge on any atom is -0.380 e. The highest BCUT2D eigenvalue weighted by Gasteiger charge is 2.15. The summed E-state index contributed by atoms with van der Waals surface area (Å²) in [4.78, 5) is 1.07. The highest BCUT2D eigenvalue weighted by atomic mass is 32.1. The van der Waals surface area contributed by atoms with Crippen molar-refractivity contribution in [2.24, 2.45) is 0 Å². The maximum absolute atomic E-state index is 13.4. The lowest BCUT2D eigenvalue weighted by molar-refractivity contribution is 0.185. The normalized spacial score (nSPS) is 11.7. The highest BCUT2D eigenvalue weighted by Crippen LogP contribution is 2.33. The standard InChI is InChI=1S/C14H17F2NOS/c1-8(2)17-6-14-10(7-18-3)9-4-11(15)12(16)5-13(9)19-14/h4-5,8,17H,6-7H2,1-3H3. The summed E-state index contributed by atoms with van der Waals surface area (Å²) in [6, 6.07) is 2.87. The van der Waals surface area contributed by atoms with E-state index < -0.39 is 11.6 Å². The number of fused-ring (bicyclic) bond motifs is 1. The van der Waals surface area contributed by atoms with Gasteiger partial charge in [-0.25, -0.2) is 8.78 Å². The van der Waals surface area contributed by atoms with Crippen molar-refractivity contribution in [3.63, 3.8) is 0 Å². The van der Waals surface area contributed by atoms with Crippen LogP contribution in [0.25, 0.3) is 10.1 Å². The first kappa shape index (κ1) is 14.4. The minimum atomic E-state index is -0.814. The molecule has 0 aliphatic carbocycles. The molecule has 2 aromatic rings. The van der Waals surface area contributed by atoms with Crippen LogP contribution in [0.5, 0.6) is 0 Å². The fourth-order valence-corrected chi connectivity index (χ4v) is 3.10. The van der Waals surface area contributed by atoms with Crippen molar-refractivity contribution in [3.05, 3.63) is 34.2 Å². The Kier molecular flexibility index (Phi) is 4.50. The van der Waals surface area contributed by atoms with Gasteiger partial charge in [0.1, 0.15) is 0 Å². The van der Waals surface area contributed by atoms with Crippen LogP contribution < -0.4 is 5.32 Å². The molecular weight excluding hydrogens is 268 g/mol. The van der Waals surface area contributed by atoms with Crippen LogP contribution >= 0.6 is 11.3 Å². The van der Waals surface area contributed by atoms with E-state index in [1.165, 1.54) is 23.5 Å². The number of ether oxygens (including phenoxy) is 1.